The topological polar surface area (TPSA) is 49.6 Å². The highest BCUT2D eigenvalue weighted by Crippen LogP contribution is 2.27. The van der Waals surface area contributed by atoms with Crippen LogP contribution < -0.4 is 0 Å². The minimum atomic E-state index is 0.266. The molecule has 1 aliphatic carbocycles. The summed E-state index contributed by atoms with van der Waals surface area (Å²) in [6.45, 7) is 4.86. The van der Waals surface area contributed by atoms with E-state index in [9.17, 15) is 4.79 Å². The van der Waals surface area contributed by atoms with Crippen molar-refractivity contribution in [3.8, 4) is 11.5 Å². The van der Waals surface area contributed by atoms with Gasteiger partial charge in [-0.2, -0.15) is 0 Å². The Kier molecular flexibility index (Phi) is 5.55. The first-order valence-electron chi connectivity index (χ1n) is 9.76. The molecule has 2 aromatic rings. The molecule has 6 heteroatoms. The van der Waals surface area contributed by atoms with E-state index in [0.717, 1.165) is 30.1 Å². The van der Waals surface area contributed by atoms with Crippen molar-refractivity contribution in [3.05, 3.63) is 35.7 Å². The Hall–Kier alpha value is -1.79. The summed E-state index contributed by atoms with van der Waals surface area (Å²) >= 11 is 1.72. The number of piperazine rings is 1. The largest absolute Gasteiger partial charge is 0.441 e. The Bertz CT molecular complexity index is 796. The third-order valence-electron chi connectivity index (χ3n) is 5.70. The van der Waals surface area contributed by atoms with Gasteiger partial charge in [0, 0.05) is 36.1 Å². The van der Waals surface area contributed by atoms with Crippen molar-refractivity contribution in [2.75, 3.05) is 25.9 Å². The molecular weight excluding hydrogens is 358 g/mol. The number of hydrogen-bond donors (Lipinski definition) is 0. The van der Waals surface area contributed by atoms with Crippen LogP contribution in [0.3, 0.4) is 0 Å². The monoisotopic (exact) mass is 385 g/mol. The van der Waals surface area contributed by atoms with Gasteiger partial charge in [-0.1, -0.05) is 12.8 Å². The van der Waals surface area contributed by atoms with Crippen LogP contribution in [0.5, 0.6) is 0 Å². The third-order valence-corrected chi connectivity index (χ3v) is 6.45. The van der Waals surface area contributed by atoms with Crippen LogP contribution in [0, 0.1) is 6.92 Å². The fourth-order valence-corrected chi connectivity index (χ4v) is 4.52. The van der Waals surface area contributed by atoms with Gasteiger partial charge < -0.3 is 9.32 Å². The first-order chi connectivity index (χ1) is 13.1. The van der Waals surface area contributed by atoms with Gasteiger partial charge >= 0.3 is 0 Å². The third kappa shape index (κ3) is 4.06. The number of hydrogen-bond acceptors (Lipinski definition) is 5. The van der Waals surface area contributed by atoms with Crippen molar-refractivity contribution in [3.63, 3.8) is 0 Å². The number of oxazole rings is 1. The van der Waals surface area contributed by atoms with Gasteiger partial charge in [0.1, 0.15) is 5.76 Å². The van der Waals surface area contributed by atoms with Crippen LogP contribution in [0.25, 0.3) is 11.5 Å². The average Bonchev–Trinajstić information content (AvgIpc) is 3.33. The second kappa shape index (κ2) is 8.07. The number of carbonyl (C=O) groups is 1. The first-order valence-corrected chi connectivity index (χ1v) is 11.0. The SMILES string of the molecule is CSc1ccc(-c2nc(CN3CCN(C4CCCC4)C(=O)C3)c(C)o2)cc1. The highest BCUT2D eigenvalue weighted by molar-refractivity contribution is 7.98. The van der Waals surface area contributed by atoms with Crippen LogP contribution in [0.1, 0.15) is 37.1 Å². The van der Waals surface area contributed by atoms with Crippen LogP contribution in [-0.4, -0.2) is 52.6 Å². The van der Waals surface area contributed by atoms with Crippen molar-refractivity contribution in [1.82, 2.24) is 14.8 Å². The maximum atomic E-state index is 12.6. The summed E-state index contributed by atoms with van der Waals surface area (Å²) in [5, 5.41) is 0. The first kappa shape index (κ1) is 18.6. The standard InChI is InChI=1S/C21H27N3O2S/c1-15-19(22-21(26-15)16-7-9-18(27-2)10-8-16)13-23-11-12-24(20(25)14-23)17-5-3-4-6-17/h7-10,17H,3-6,11-14H2,1-2H3. The number of aromatic nitrogens is 1. The number of rotatable bonds is 5. The summed E-state index contributed by atoms with van der Waals surface area (Å²) in [7, 11) is 0. The number of thioether (sulfide) groups is 1. The van der Waals surface area contributed by atoms with Crippen LogP contribution >= 0.6 is 11.8 Å². The molecule has 0 spiro atoms. The summed E-state index contributed by atoms with van der Waals surface area (Å²) in [4.78, 5) is 22.8. The molecule has 1 aromatic heterocycles. The van der Waals surface area contributed by atoms with Crippen molar-refractivity contribution >= 4 is 17.7 Å². The second-order valence-electron chi connectivity index (χ2n) is 7.49. The zero-order valence-corrected chi connectivity index (χ0v) is 16.9. The van der Waals surface area contributed by atoms with Crippen LogP contribution in [-0.2, 0) is 11.3 Å². The van der Waals surface area contributed by atoms with Gasteiger partial charge in [0.25, 0.3) is 0 Å². The van der Waals surface area contributed by atoms with E-state index in [1.807, 2.05) is 19.1 Å². The van der Waals surface area contributed by atoms with E-state index < -0.39 is 0 Å². The lowest BCUT2D eigenvalue weighted by Gasteiger charge is -2.37. The van der Waals surface area contributed by atoms with E-state index >= 15 is 0 Å². The molecule has 4 rings (SSSR count). The van der Waals surface area contributed by atoms with Gasteiger partial charge in [0.2, 0.25) is 11.8 Å². The molecule has 2 fully saturated rings. The number of carbonyl (C=O) groups excluding carboxylic acids is 1. The minimum Gasteiger partial charge on any atom is -0.441 e. The summed E-state index contributed by atoms with van der Waals surface area (Å²) in [5.41, 5.74) is 1.92. The highest BCUT2D eigenvalue weighted by atomic mass is 32.2. The molecule has 5 nitrogen and oxygen atoms in total. The van der Waals surface area contributed by atoms with Crippen molar-refractivity contribution in [2.24, 2.45) is 0 Å². The van der Waals surface area contributed by atoms with E-state index in [1.54, 1.807) is 11.8 Å². The summed E-state index contributed by atoms with van der Waals surface area (Å²) in [6, 6.07) is 8.74. The molecule has 0 unspecified atom stereocenters. The fraction of sp³-hybridized carbons (Fsp3) is 0.524. The second-order valence-corrected chi connectivity index (χ2v) is 8.37. The average molecular weight is 386 g/mol. The molecule has 1 amide bonds. The number of aryl methyl sites for hydroxylation is 1. The molecule has 1 saturated heterocycles. The van der Waals surface area contributed by atoms with Crippen LogP contribution in [0.2, 0.25) is 0 Å². The maximum absolute atomic E-state index is 12.6. The fourth-order valence-electron chi connectivity index (χ4n) is 4.12. The van der Waals surface area contributed by atoms with Gasteiger partial charge in [-0.05, 0) is 50.3 Å². The Labute approximate surface area is 165 Å². The van der Waals surface area contributed by atoms with E-state index in [4.69, 9.17) is 9.40 Å². The van der Waals surface area contributed by atoms with E-state index in [-0.39, 0.29) is 5.91 Å². The molecule has 27 heavy (non-hydrogen) atoms. The van der Waals surface area contributed by atoms with E-state index in [1.165, 1.54) is 30.6 Å². The molecule has 2 heterocycles. The molecule has 1 aliphatic heterocycles. The molecule has 0 atom stereocenters. The van der Waals surface area contributed by atoms with E-state index in [2.05, 4.69) is 28.2 Å². The number of benzene rings is 1. The molecule has 0 bridgehead atoms. The molecule has 0 radical (unpaired) electrons. The molecule has 1 aromatic carbocycles. The number of nitrogens with zero attached hydrogens (tertiary/aromatic N) is 3. The maximum Gasteiger partial charge on any atom is 0.237 e. The lowest BCUT2D eigenvalue weighted by molar-refractivity contribution is -0.138. The Morgan fingerprint density at radius 2 is 1.93 bits per heavy atom. The van der Waals surface area contributed by atoms with Gasteiger partial charge in [-0.15, -0.1) is 11.8 Å². The smallest absolute Gasteiger partial charge is 0.237 e. The van der Waals surface area contributed by atoms with Crippen molar-refractivity contribution < 1.29 is 9.21 Å². The van der Waals surface area contributed by atoms with Gasteiger partial charge in [0.05, 0.1) is 12.2 Å². The quantitative estimate of drug-likeness (QED) is 0.729. The molecule has 2 aliphatic rings. The zero-order valence-electron chi connectivity index (χ0n) is 16.1. The normalized spacial score (nSPS) is 19.2. The van der Waals surface area contributed by atoms with Gasteiger partial charge in [-0.3, -0.25) is 9.69 Å². The number of amides is 1. The van der Waals surface area contributed by atoms with Gasteiger partial charge in [-0.25, -0.2) is 4.98 Å². The Balaban J connectivity index is 1.41. The minimum absolute atomic E-state index is 0.266. The summed E-state index contributed by atoms with van der Waals surface area (Å²) in [6.07, 6.45) is 6.93. The summed E-state index contributed by atoms with van der Waals surface area (Å²) in [5.74, 6) is 1.76. The lowest BCUT2D eigenvalue weighted by Crippen LogP contribution is -2.53. The highest BCUT2D eigenvalue weighted by Gasteiger charge is 2.31. The van der Waals surface area contributed by atoms with E-state index in [0.29, 0.717) is 25.0 Å². The molecule has 0 N–H and O–H groups in total. The molecule has 1 saturated carbocycles. The lowest BCUT2D eigenvalue weighted by atomic mass is 10.1. The van der Waals surface area contributed by atoms with Crippen molar-refractivity contribution in [2.45, 2.75) is 50.1 Å². The molecule has 144 valence electrons. The molecular formula is C21H27N3O2S. The zero-order chi connectivity index (χ0) is 18.8. The van der Waals surface area contributed by atoms with Crippen molar-refractivity contribution in [1.29, 1.82) is 0 Å². The van der Waals surface area contributed by atoms with Crippen LogP contribution in [0.4, 0.5) is 0 Å². The predicted octanol–water partition coefficient (Wildman–Crippen LogP) is 3.96. The Morgan fingerprint density at radius 3 is 2.59 bits per heavy atom. The predicted molar refractivity (Wildman–Crippen MR) is 108 cm³/mol. The Morgan fingerprint density at radius 1 is 1.19 bits per heavy atom. The van der Waals surface area contributed by atoms with Gasteiger partial charge in [0.15, 0.2) is 0 Å². The van der Waals surface area contributed by atoms with Crippen LogP contribution in [0.15, 0.2) is 33.6 Å². The summed E-state index contributed by atoms with van der Waals surface area (Å²) < 4.78 is 5.91.